The van der Waals surface area contributed by atoms with Gasteiger partial charge in [-0.15, -0.1) is 0 Å². The molecule has 0 aliphatic heterocycles. The zero-order chi connectivity index (χ0) is 8.10. The van der Waals surface area contributed by atoms with E-state index in [1.54, 1.807) is 0 Å². The third kappa shape index (κ3) is 2.73. The van der Waals surface area contributed by atoms with Gasteiger partial charge in [0.05, 0.1) is 0 Å². The van der Waals surface area contributed by atoms with Crippen LogP contribution in [0.2, 0.25) is 0 Å². The van der Waals surface area contributed by atoms with Crippen molar-refractivity contribution < 1.29 is 4.79 Å². The van der Waals surface area contributed by atoms with E-state index in [1.807, 2.05) is 11.8 Å². The molecule has 1 rings (SSSR count). The molecule has 0 saturated heterocycles. The molecule has 1 aliphatic carbocycles. The smallest absolute Gasteiger partial charge is 0.207 e. The van der Waals surface area contributed by atoms with Gasteiger partial charge in [0, 0.05) is 11.3 Å². The van der Waals surface area contributed by atoms with E-state index in [-0.39, 0.29) is 0 Å². The Balaban J connectivity index is 2.18. The minimum Gasteiger partial charge on any atom is -0.356 e. The molecule has 0 atom stereocenters. The first-order valence-corrected chi connectivity index (χ1v) is 5.38. The van der Waals surface area contributed by atoms with Crippen molar-refractivity contribution in [2.24, 2.45) is 0 Å². The van der Waals surface area contributed by atoms with Crippen molar-refractivity contribution in [3.05, 3.63) is 0 Å². The Hall–Kier alpha value is -0.180. The Morgan fingerprint density at radius 2 is 2.00 bits per heavy atom. The Kier molecular flexibility index (Phi) is 3.77. The molecular formula is C8H15NOS. The number of nitrogens with one attached hydrogen (secondary N) is 1. The topological polar surface area (TPSA) is 29.1 Å². The van der Waals surface area contributed by atoms with Gasteiger partial charge in [0.25, 0.3) is 0 Å². The molecule has 1 aliphatic rings. The molecule has 0 aromatic rings. The Bertz CT molecular complexity index is 121. The summed E-state index contributed by atoms with van der Waals surface area (Å²) >= 11 is 1.95. The molecule has 64 valence electrons. The van der Waals surface area contributed by atoms with Crippen molar-refractivity contribution >= 4 is 18.2 Å². The van der Waals surface area contributed by atoms with E-state index in [0.29, 0.717) is 6.04 Å². The monoisotopic (exact) mass is 173 g/mol. The van der Waals surface area contributed by atoms with Gasteiger partial charge in [0.15, 0.2) is 0 Å². The maximum Gasteiger partial charge on any atom is 0.207 e. The summed E-state index contributed by atoms with van der Waals surface area (Å²) in [4.78, 5) is 10.1. The minimum absolute atomic E-state index is 0.455. The lowest BCUT2D eigenvalue weighted by atomic mass is 9.95. The van der Waals surface area contributed by atoms with Gasteiger partial charge in [0.2, 0.25) is 6.41 Å². The number of thioether (sulfide) groups is 1. The molecule has 1 amide bonds. The molecule has 0 spiro atoms. The molecule has 0 aromatic heterocycles. The van der Waals surface area contributed by atoms with Gasteiger partial charge < -0.3 is 5.32 Å². The Labute approximate surface area is 72.1 Å². The second kappa shape index (κ2) is 4.65. The molecule has 0 aromatic carbocycles. The average Bonchev–Trinajstić information content (AvgIpc) is 2.07. The number of hydrogen-bond acceptors (Lipinski definition) is 2. The predicted octanol–water partition coefficient (Wildman–Crippen LogP) is 1.41. The first kappa shape index (κ1) is 8.91. The van der Waals surface area contributed by atoms with Crippen molar-refractivity contribution in [3.63, 3.8) is 0 Å². The molecule has 0 radical (unpaired) electrons. The molecule has 11 heavy (non-hydrogen) atoms. The van der Waals surface area contributed by atoms with E-state index in [4.69, 9.17) is 0 Å². The van der Waals surface area contributed by atoms with Crippen LogP contribution in [-0.4, -0.2) is 24.0 Å². The summed E-state index contributed by atoms with van der Waals surface area (Å²) in [7, 11) is 0. The van der Waals surface area contributed by atoms with Crippen LogP contribution in [0.3, 0.4) is 0 Å². The second-order valence-corrected chi connectivity index (χ2v) is 4.13. The highest BCUT2D eigenvalue weighted by Crippen LogP contribution is 2.26. The SMILES string of the molecule is CSC1CCC(NC=O)CC1. The van der Waals surface area contributed by atoms with Crippen LogP contribution in [0.1, 0.15) is 25.7 Å². The second-order valence-electron chi connectivity index (χ2n) is 2.99. The summed E-state index contributed by atoms with van der Waals surface area (Å²) in [5, 5.41) is 3.67. The van der Waals surface area contributed by atoms with Gasteiger partial charge in [-0.05, 0) is 31.9 Å². The number of carbonyl (C=O) groups is 1. The summed E-state index contributed by atoms with van der Waals surface area (Å²) < 4.78 is 0. The fourth-order valence-electron chi connectivity index (χ4n) is 1.56. The number of amides is 1. The molecule has 0 heterocycles. The highest BCUT2D eigenvalue weighted by Gasteiger charge is 2.19. The minimum atomic E-state index is 0.455. The molecule has 0 bridgehead atoms. The predicted molar refractivity (Wildman–Crippen MR) is 48.8 cm³/mol. The largest absolute Gasteiger partial charge is 0.356 e. The first-order chi connectivity index (χ1) is 5.36. The van der Waals surface area contributed by atoms with Crippen LogP contribution in [0, 0.1) is 0 Å². The van der Waals surface area contributed by atoms with Crippen molar-refractivity contribution in [3.8, 4) is 0 Å². The van der Waals surface area contributed by atoms with E-state index in [1.165, 1.54) is 12.8 Å². The number of rotatable bonds is 3. The van der Waals surface area contributed by atoms with E-state index in [9.17, 15) is 4.79 Å². The van der Waals surface area contributed by atoms with Crippen molar-refractivity contribution in [1.82, 2.24) is 5.32 Å². The molecule has 3 heteroatoms. The summed E-state index contributed by atoms with van der Waals surface area (Å²) in [6.45, 7) is 0. The number of hydrogen-bond donors (Lipinski definition) is 1. The van der Waals surface area contributed by atoms with Crippen molar-refractivity contribution in [1.29, 1.82) is 0 Å². The van der Waals surface area contributed by atoms with Crippen LogP contribution >= 0.6 is 11.8 Å². The van der Waals surface area contributed by atoms with Gasteiger partial charge >= 0.3 is 0 Å². The lowest BCUT2D eigenvalue weighted by Gasteiger charge is -2.26. The Morgan fingerprint density at radius 3 is 2.45 bits per heavy atom. The van der Waals surface area contributed by atoms with Gasteiger partial charge in [0.1, 0.15) is 0 Å². The summed E-state index contributed by atoms with van der Waals surface area (Å²) in [6.07, 6.45) is 7.82. The molecule has 2 nitrogen and oxygen atoms in total. The van der Waals surface area contributed by atoms with Gasteiger partial charge in [-0.1, -0.05) is 0 Å². The normalized spacial score (nSPS) is 31.4. The van der Waals surface area contributed by atoms with Crippen LogP contribution in [0.5, 0.6) is 0 Å². The fourth-order valence-corrected chi connectivity index (χ4v) is 2.30. The Morgan fingerprint density at radius 1 is 1.36 bits per heavy atom. The van der Waals surface area contributed by atoms with Gasteiger partial charge in [-0.3, -0.25) is 4.79 Å². The molecule has 1 saturated carbocycles. The maximum absolute atomic E-state index is 10.1. The average molecular weight is 173 g/mol. The fraction of sp³-hybridized carbons (Fsp3) is 0.875. The summed E-state index contributed by atoms with van der Waals surface area (Å²) in [6, 6.07) is 0.455. The highest BCUT2D eigenvalue weighted by molar-refractivity contribution is 7.99. The lowest BCUT2D eigenvalue weighted by molar-refractivity contribution is -0.110. The summed E-state index contributed by atoms with van der Waals surface area (Å²) in [5.74, 6) is 0. The third-order valence-corrected chi connectivity index (χ3v) is 3.45. The molecular weight excluding hydrogens is 158 g/mol. The lowest BCUT2D eigenvalue weighted by Crippen LogP contribution is -2.32. The first-order valence-electron chi connectivity index (χ1n) is 4.09. The number of carbonyl (C=O) groups excluding carboxylic acids is 1. The van der Waals surface area contributed by atoms with Crippen LogP contribution in [0.4, 0.5) is 0 Å². The zero-order valence-electron chi connectivity index (χ0n) is 6.88. The van der Waals surface area contributed by atoms with Crippen LogP contribution in [0.25, 0.3) is 0 Å². The van der Waals surface area contributed by atoms with Crippen molar-refractivity contribution in [2.45, 2.75) is 37.0 Å². The maximum atomic E-state index is 10.1. The quantitative estimate of drug-likeness (QED) is 0.654. The van der Waals surface area contributed by atoms with Gasteiger partial charge in [-0.2, -0.15) is 11.8 Å². The van der Waals surface area contributed by atoms with Crippen LogP contribution in [-0.2, 0) is 4.79 Å². The van der Waals surface area contributed by atoms with Crippen molar-refractivity contribution in [2.75, 3.05) is 6.26 Å². The molecule has 1 N–H and O–H groups in total. The van der Waals surface area contributed by atoms with E-state index >= 15 is 0 Å². The zero-order valence-corrected chi connectivity index (χ0v) is 7.69. The molecule has 1 fully saturated rings. The third-order valence-electron chi connectivity index (χ3n) is 2.31. The van der Waals surface area contributed by atoms with Crippen LogP contribution < -0.4 is 5.32 Å². The van der Waals surface area contributed by atoms with E-state index in [2.05, 4.69) is 11.6 Å². The summed E-state index contributed by atoms with van der Waals surface area (Å²) in [5.41, 5.74) is 0. The standard InChI is InChI=1S/C8H15NOS/c1-11-8-4-2-7(3-5-8)9-6-10/h6-8H,2-5H2,1H3,(H,9,10). The molecule has 0 unspecified atom stereocenters. The van der Waals surface area contributed by atoms with E-state index in [0.717, 1.165) is 24.5 Å². The highest BCUT2D eigenvalue weighted by atomic mass is 32.2. The van der Waals surface area contributed by atoms with E-state index < -0.39 is 0 Å². The van der Waals surface area contributed by atoms with Gasteiger partial charge in [-0.25, -0.2) is 0 Å². The van der Waals surface area contributed by atoms with Crippen LogP contribution in [0.15, 0.2) is 0 Å².